The van der Waals surface area contributed by atoms with Crippen LogP contribution in [0, 0.1) is 0 Å². The van der Waals surface area contributed by atoms with Gasteiger partial charge in [0.25, 0.3) is 0 Å². The number of amides is 1. The van der Waals surface area contributed by atoms with Crippen LogP contribution in [0.5, 0.6) is 0 Å². The molecule has 1 fully saturated rings. The SMILES string of the molecule is CN(C)c1nc(CNC(=O)Cn2cccn2)nc(N2CCCCC2)n1. The summed E-state index contributed by atoms with van der Waals surface area (Å²) in [4.78, 5) is 29.6. The minimum atomic E-state index is -0.130. The fourth-order valence-electron chi connectivity index (χ4n) is 2.68. The number of carbonyl (C=O) groups excluding carboxylic acids is 1. The van der Waals surface area contributed by atoms with Crippen LogP contribution in [0.4, 0.5) is 11.9 Å². The van der Waals surface area contributed by atoms with Gasteiger partial charge in [-0.2, -0.15) is 20.1 Å². The molecule has 0 unspecified atom stereocenters. The largest absolute Gasteiger partial charge is 0.347 e. The van der Waals surface area contributed by atoms with Gasteiger partial charge in [0.05, 0.1) is 6.54 Å². The van der Waals surface area contributed by atoms with Crippen LogP contribution >= 0.6 is 0 Å². The Hall–Kier alpha value is -2.71. The summed E-state index contributed by atoms with van der Waals surface area (Å²) < 4.78 is 1.58. The maximum Gasteiger partial charge on any atom is 0.242 e. The van der Waals surface area contributed by atoms with Gasteiger partial charge in [0.2, 0.25) is 17.8 Å². The number of aromatic nitrogens is 5. The van der Waals surface area contributed by atoms with E-state index in [2.05, 4.69) is 30.3 Å². The molecule has 2 aromatic rings. The molecule has 0 bridgehead atoms. The van der Waals surface area contributed by atoms with E-state index in [0.717, 1.165) is 25.9 Å². The van der Waals surface area contributed by atoms with Crippen molar-refractivity contribution in [2.45, 2.75) is 32.4 Å². The van der Waals surface area contributed by atoms with Crippen molar-refractivity contribution in [1.29, 1.82) is 0 Å². The molecule has 0 atom stereocenters. The van der Waals surface area contributed by atoms with Crippen LogP contribution in [-0.2, 0) is 17.9 Å². The summed E-state index contributed by atoms with van der Waals surface area (Å²) in [5.74, 6) is 1.73. The molecule has 3 heterocycles. The molecule has 134 valence electrons. The third-order valence-corrected chi connectivity index (χ3v) is 4.01. The van der Waals surface area contributed by atoms with Crippen LogP contribution in [0.1, 0.15) is 25.1 Å². The zero-order chi connectivity index (χ0) is 17.6. The summed E-state index contributed by atoms with van der Waals surface area (Å²) in [7, 11) is 3.80. The van der Waals surface area contributed by atoms with E-state index < -0.39 is 0 Å². The summed E-state index contributed by atoms with van der Waals surface area (Å²) in [6, 6.07) is 1.79. The second-order valence-electron chi connectivity index (χ2n) is 6.27. The van der Waals surface area contributed by atoms with Crippen LogP contribution in [0.3, 0.4) is 0 Å². The normalized spacial score (nSPS) is 14.4. The Bertz CT molecular complexity index is 694. The molecule has 0 aromatic carbocycles. The number of hydrogen-bond acceptors (Lipinski definition) is 7. The summed E-state index contributed by atoms with van der Waals surface area (Å²) in [5, 5.41) is 6.87. The third kappa shape index (κ3) is 4.65. The molecule has 9 heteroatoms. The first kappa shape index (κ1) is 17.1. The van der Waals surface area contributed by atoms with Crippen LogP contribution in [0.15, 0.2) is 18.5 Å². The standard InChI is InChI=1S/C16H24N8O/c1-22(2)15-19-13(11-17-14(25)12-24-10-6-7-18-24)20-16(21-15)23-8-4-3-5-9-23/h6-7,10H,3-5,8-9,11-12H2,1-2H3,(H,17,25). The molecule has 0 spiro atoms. The van der Waals surface area contributed by atoms with E-state index in [0.29, 0.717) is 17.7 Å². The van der Waals surface area contributed by atoms with Crippen molar-refractivity contribution in [3.8, 4) is 0 Å². The highest BCUT2D eigenvalue weighted by atomic mass is 16.2. The molecule has 1 saturated heterocycles. The Kier molecular flexibility index (Phi) is 5.42. The zero-order valence-corrected chi connectivity index (χ0v) is 14.7. The lowest BCUT2D eigenvalue weighted by atomic mass is 10.1. The van der Waals surface area contributed by atoms with E-state index in [1.807, 2.05) is 19.0 Å². The molecule has 3 rings (SSSR count). The smallest absolute Gasteiger partial charge is 0.242 e. The Morgan fingerprint density at radius 2 is 2.00 bits per heavy atom. The van der Waals surface area contributed by atoms with Gasteiger partial charge >= 0.3 is 0 Å². The molecule has 1 aliphatic rings. The van der Waals surface area contributed by atoms with Crippen LogP contribution in [0.25, 0.3) is 0 Å². The minimum absolute atomic E-state index is 0.130. The monoisotopic (exact) mass is 344 g/mol. The van der Waals surface area contributed by atoms with Crippen molar-refractivity contribution >= 4 is 17.8 Å². The average Bonchev–Trinajstić information content (AvgIpc) is 3.13. The number of piperidine rings is 1. The molecule has 2 aromatic heterocycles. The predicted octanol–water partition coefficient (Wildman–Crippen LogP) is 0.441. The lowest BCUT2D eigenvalue weighted by molar-refractivity contribution is -0.122. The Balaban J connectivity index is 1.68. The molecular weight excluding hydrogens is 320 g/mol. The molecular formula is C16H24N8O. The Labute approximate surface area is 147 Å². The zero-order valence-electron chi connectivity index (χ0n) is 14.7. The fraction of sp³-hybridized carbons (Fsp3) is 0.562. The summed E-state index contributed by atoms with van der Waals surface area (Å²) in [6.07, 6.45) is 6.95. The molecule has 0 saturated carbocycles. The van der Waals surface area contributed by atoms with E-state index in [1.165, 1.54) is 6.42 Å². The van der Waals surface area contributed by atoms with E-state index in [1.54, 1.807) is 23.1 Å². The fourth-order valence-corrected chi connectivity index (χ4v) is 2.68. The molecule has 1 aliphatic heterocycles. The van der Waals surface area contributed by atoms with Crippen molar-refractivity contribution in [3.63, 3.8) is 0 Å². The molecule has 25 heavy (non-hydrogen) atoms. The number of hydrogen-bond donors (Lipinski definition) is 1. The molecule has 0 radical (unpaired) electrons. The molecule has 1 N–H and O–H groups in total. The van der Waals surface area contributed by atoms with E-state index in [9.17, 15) is 4.79 Å². The molecule has 9 nitrogen and oxygen atoms in total. The number of carbonyl (C=O) groups is 1. The van der Waals surface area contributed by atoms with Gasteiger partial charge in [0.15, 0.2) is 5.82 Å². The van der Waals surface area contributed by atoms with Crippen molar-refractivity contribution in [2.75, 3.05) is 37.0 Å². The minimum Gasteiger partial charge on any atom is -0.347 e. The summed E-state index contributed by atoms with van der Waals surface area (Å²) >= 11 is 0. The highest BCUT2D eigenvalue weighted by Crippen LogP contribution is 2.17. The Morgan fingerprint density at radius 3 is 2.68 bits per heavy atom. The van der Waals surface area contributed by atoms with Gasteiger partial charge in [-0.15, -0.1) is 0 Å². The van der Waals surface area contributed by atoms with Crippen LogP contribution in [0.2, 0.25) is 0 Å². The number of anilines is 2. The maximum atomic E-state index is 12.0. The van der Waals surface area contributed by atoms with Crippen LogP contribution < -0.4 is 15.1 Å². The van der Waals surface area contributed by atoms with Gasteiger partial charge in [-0.05, 0) is 25.3 Å². The van der Waals surface area contributed by atoms with Gasteiger partial charge in [-0.1, -0.05) is 0 Å². The first-order valence-electron chi connectivity index (χ1n) is 8.53. The lowest BCUT2D eigenvalue weighted by Gasteiger charge is -2.27. The quantitative estimate of drug-likeness (QED) is 0.813. The van der Waals surface area contributed by atoms with Crippen molar-refractivity contribution < 1.29 is 4.79 Å². The predicted molar refractivity (Wildman–Crippen MR) is 94.3 cm³/mol. The highest BCUT2D eigenvalue weighted by Gasteiger charge is 2.17. The second kappa shape index (κ2) is 7.91. The number of nitrogens with one attached hydrogen (secondary N) is 1. The van der Waals surface area contributed by atoms with Crippen molar-refractivity contribution in [3.05, 3.63) is 24.3 Å². The number of rotatable bonds is 6. The first-order chi connectivity index (χ1) is 12.1. The van der Waals surface area contributed by atoms with Gasteiger partial charge in [0, 0.05) is 39.6 Å². The summed E-state index contributed by atoms with van der Waals surface area (Å²) in [6.45, 7) is 2.37. The van der Waals surface area contributed by atoms with Gasteiger partial charge < -0.3 is 15.1 Å². The maximum absolute atomic E-state index is 12.0. The van der Waals surface area contributed by atoms with Crippen molar-refractivity contribution in [1.82, 2.24) is 30.0 Å². The molecule has 1 amide bonds. The van der Waals surface area contributed by atoms with Gasteiger partial charge in [-0.3, -0.25) is 9.48 Å². The van der Waals surface area contributed by atoms with Crippen molar-refractivity contribution in [2.24, 2.45) is 0 Å². The third-order valence-electron chi connectivity index (χ3n) is 4.01. The number of nitrogens with zero attached hydrogens (tertiary/aromatic N) is 7. The van der Waals surface area contributed by atoms with Crippen LogP contribution in [-0.4, -0.2) is 57.8 Å². The average molecular weight is 344 g/mol. The topological polar surface area (TPSA) is 92.1 Å². The lowest BCUT2D eigenvalue weighted by Crippen LogP contribution is -2.33. The van der Waals surface area contributed by atoms with E-state index in [-0.39, 0.29) is 19.0 Å². The second-order valence-corrected chi connectivity index (χ2v) is 6.27. The van der Waals surface area contributed by atoms with Gasteiger partial charge in [-0.25, -0.2) is 0 Å². The first-order valence-corrected chi connectivity index (χ1v) is 8.53. The molecule has 0 aliphatic carbocycles. The van der Waals surface area contributed by atoms with E-state index in [4.69, 9.17) is 0 Å². The van der Waals surface area contributed by atoms with Gasteiger partial charge in [0.1, 0.15) is 6.54 Å². The Morgan fingerprint density at radius 1 is 1.20 bits per heavy atom. The highest BCUT2D eigenvalue weighted by molar-refractivity contribution is 5.75. The summed E-state index contributed by atoms with van der Waals surface area (Å²) in [5.41, 5.74) is 0. The van der Waals surface area contributed by atoms with E-state index >= 15 is 0 Å².